The standard InChI is InChI=1S/C16H10ClNO3/c17-13-8-10(16(20)21)1-4-12(13)15-5-2-9-7-11(19)3-6-14(9)18-15/h1-8,19H,(H,20,21). The van der Waals surface area contributed by atoms with Gasteiger partial charge in [-0.1, -0.05) is 23.7 Å². The van der Waals surface area contributed by atoms with E-state index in [4.69, 9.17) is 16.7 Å². The summed E-state index contributed by atoms with van der Waals surface area (Å²) in [7, 11) is 0. The van der Waals surface area contributed by atoms with Crippen LogP contribution in [0.2, 0.25) is 5.02 Å². The Kier molecular flexibility index (Phi) is 3.23. The molecule has 4 nitrogen and oxygen atoms in total. The average Bonchev–Trinajstić information content (AvgIpc) is 2.46. The van der Waals surface area contributed by atoms with Gasteiger partial charge in [-0.25, -0.2) is 9.78 Å². The number of nitrogens with zero attached hydrogens (tertiary/aromatic N) is 1. The van der Waals surface area contributed by atoms with E-state index in [0.29, 0.717) is 16.3 Å². The zero-order chi connectivity index (χ0) is 15.0. The number of benzene rings is 2. The Morgan fingerprint density at radius 1 is 1.05 bits per heavy atom. The Morgan fingerprint density at radius 3 is 2.57 bits per heavy atom. The third-order valence-corrected chi connectivity index (χ3v) is 3.48. The molecule has 0 saturated heterocycles. The molecular weight excluding hydrogens is 290 g/mol. The lowest BCUT2D eigenvalue weighted by atomic mass is 10.1. The van der Waals surface area contributed by atoms with Gasteiger partial charge in [0.25, 0.3) is 0 Å². The minimum atomic E-state index is -1.02. The number of halogens is 1. The fraction of sp³-hybridized carbons (Fsp3) is 0. The van der Waals surface area contributed by atoms with Gasteiger partial charge in [-0.3, -0.25) is 0 Å². The Labute approximate surface area is 125 Å². The van der Waals surface area contributed by atoms with Crippen molar-refractivity contribution in [1.82, 2.24) is 4.98 Å². The summed E-state index contributed by atoms with van der Waals surface area (Å²) in [5.74, 6) is -0.841. The number of phenols is 1. The van der Waals surface area contributed by atoms with Crippen LogP contribution >= 0.6 is 11.6 Å². The molecule has 3 aromatic rings. The molecule has 2 aromatic carbocycles. The summed E-state index contributed by atoms with van der Waals surface area (Å²) in [4.78, 5) is 15.4. The molecule has 1 aromatic heterocycles. The van der Waals surface area contributed by atoms with Crippen LogP contribution in [0.25, 0.3) is 22.2 Å². The smallest absolute Gasteiger partial charge is 0.335 e. The molecule has 0 spiro atoms. The SMILES string of the molecule is O=C(O)c1ccc(-c2ccc3cc(O)ccc3n2)c(Cl)c1. The number of hydrogen-bond acceptors (Lipinski definition) is 3. The van der Waals surface area contributed by atoms with E-state index in [2.05, 4.69) is 4.98 Å². The molecule has 0 atom stereocenters. The van der Waals surface area contributed by atoms with E-state index in [1.165, 1.54) is 12.1 Å². The minimum absolute atomic E-state index is 0.134. The summed E-state index contributed by atoms with van der Waals surface area (Å²) in [6, 6.07) is 13.1. The molecule has 0 bridgehead atoms. The van der Waals surface area contributed by atoms with Gasteiger partial charge in [-0.2, -0.15) is 0 Å². The van der Waals surface area contributed by atoms with E-state index in [1.54, 1.807) is 30.3 Å². The van der Waals surface area contributed by atoms with E-state index in [1.807, 2.05) is 6.07 Å². The third kappa shape index (κ3) is 2.53. The van der Waals surface area contributed by atoms with Gasteiger partial charge in [0, 0.05) is 10.9 Å². The predicted octanol–water partition coefficient (Wildman–Crippen LogP) is 3.96. The maximum absolute atomic E-state index is 10.9. The van der Waals surface area contributed by atoms with Crippen LogP contribution < -0.4 is 0 Å². The van der Waals surface area contributed by atoms with E-state index < -0.39 is 5.97 Å². The fourth-order valence-electron chi connectivity index (χ4n) is 2.12. The molecule has 0 saturated carbocycles. The first-order valence-electron chi connectivity index (χ1n) is 6.17. The number of rotatable bonds is 2. The summed E-state index contributed by atoms with van der Waals surface area (Å²) in [6.07, 6.45) is 0. The molecule has 0 fully saturated rings. The van der Waals surface area contributed by atoms with Gasteiger partial charge in [0.1, 0.15) is 5.75 Å². The average molecular weight is 300 g/mol. The highest BCUT2D eigenvalue weighted by Gasteiger charge is 2.10. The van der Waals surface area contributed by atoms with Gasteiger partial charge < -0.3 is 10.2 Å². The van der Waals surface area contributed by atoms with Crippen molar-refractivity contribution in [2.75, 3.05) is 0 Å². The molecule has 0 aliphatic heterocycles. The number of fused-ring (bicyclic) bond motifs is 1. The van der Waals surface area contributed by atoms with Crippen LogP contribution in [0.5, 0.6) is 5.75 Å². The van der Waals surface area contributed by atoms with Crippen molar-refractivity contribution in [3.05, 3.63) is 59.1 Å². The summed E-state index contributed by atoms with van der Waals surface area (Å²) >= 11 is 6.14. The number of carboxylic acid groups (broad SMARTS) is 1. The molecule has 5 heteroatoms. The lowest BCUT2D eigenvalue weighted by Gasteiger charge is -2.06. The van der Waals surface area contributed by atoms with Gasteiger partial charge in [0.05, 0.1) is 21.8 Å². The molecule has 0 aliphatic carbocycles. The number of aromatic carboxylic acids is 1. The lowest BCUT2D eigenvalue weighted by Crippen LogP contribution is -1.96. The normalized spacial score (nSPS) is 10.7. The van der Waals surface area contributed by atoms with Crippen LogP contribution in [0.3, 0.4) is 0 Å². The number of aromatic hydroxyl groups is 1. The second-order valence-electron chi connectivity index (χ2n) is 4.57. The van der Waals surface area contributed by atoms with Gasteiger partial charge >= 0.3 is 5.97 Å². The maximum atomic E-state index is 10.9. The van der Waals surface area contributed by atoms with Crippen molar-refractivity contribution in [3.8, 4) is 17.0 Å². The monoisotopic (exact) mass is 299 g/mol. The highest BCUT2D eigenvalue weighted by Crippen LogP contribution is 2.29. The largest absolute Gasteiger partial charge is 0.508 e. The fourth-order valence-corrected chi connectivity index (χ4v) is 2.40. The maximum Gasteiger partial charge on any atom is 0.335 e. The van der Waals surface area contributed by atoms with E-state index in [0.717, 1.165) is 10.9 Å². The van der Waals surface area contributed by atoms with E-state index in [9.17, 15) is 9.90 Å². The molecule has 1 heterocycles. The molecule has 2 N–H and O–H groups in total. The molecule has 0 aliphatic rings. The van der Waals surface area contributed by atoms with Crippen LogP contribution in [-0.4, -0.2) is 21.2 Å². The molecule has 21 heavy (non-hydrogen) atoms. The first-order chi connectivity index (χ1) is 10.0. The summed E-state index contributed by atoms with van der Waals surface area (Å²) in [6.45, 7) is 0. The van der Waals surface area contributed by atoms with E-state index in [-0.39, 0.29) is 11.3 Å². The van der Waals surface area contributed by atoms with Crippen molar-refractivity contribution in [1.29, 1.82) is 0 Å². The van der Waals surface area contributed by atoms with Crippen molar-refractivity contribution in [3.63, 3.8) is 0 Å². The van der Waals surface area contributed by atoms with Crippen LogP contribution in [0.15, 0.2) is 48.5 Å². The highest BCUT2D eigenvalue weighted by atomic mass is 35.5. The molecule has 3 rings (SSSR count). The number of carbonyl (C=O) groups is 1. The Hall–Kier alpha value is -2.59. The summed E-state index contributed by atoms with van der Waals surface area (Å²) in [5, 5.41) is 19.5. The molecule has 104 valence electrons. The van der Waals surface area contributed by atoms with Crippen molar-refractivity contribution < 1.29 is 15.0 Å². The zero-order valence-corrected chi connectivity index (χ0v) is 11.5. The van der Waals surface area contributed by atoms with E-state index >= 15 is 0 Å². The molecule has 0 amide bonds. The lowest BCUT2D eigenvalue weighted by molar-refractivity contribution is 0.0697. The Balaban J connectivity index is 2.12. The van der Waals surface area contributed by atoms with Gasteiger partial charge in [0.15, 0.2) is 0 Å². The van der Waals surface area contributed by atoms with Crippen LogP contribution in [-0.2, 0) is 0 Å². The van der Waals surface area contributed by atoms with Gasteiger partial charge in [-0.05, 0) is 36.4 Å². The number of carboxylic acids is 1. The molecule has 0 radical (unpaired) electrons. The van der Waals surface area contributed by atoms with Crippen molar-refractivity contribution in [2.24, 2.45) is 0 Å². The molecule has 0 unspecified atom stereocenters. The highest BCUT2D eigenvalue weighted by molar-refractivity contribution is 6.33. The van der Waals surface area contributed by atoms with Crippen LogP contribution in [0, 0.1) is 0 Å². The first kappa shape index (κ1) is 13.4. The molecular formula is C16H10ClNO3. The number of pyridine rings is 1. The van der Waals surface area contributed by atoms with Crippen molar-refractivity contribution >= 4 is 28.5 Å². The Bertz CT molecular complexity index is 861. The minimum Gasteiger partial charge on any atom is -0.508 e. The summed E-state index contributed by atoms with van der Waals surface area (Å²) < 4.78 is 0. The second-order valence-corrected chi connectivity index (χ2v) is 4.98. The van der Waals surface area contributed by atoms with Crippen LogP contribution in [0.1, 0.15) is 10.4 Å². The number of hydrogen-bond donors (Lipinski definition) is 2. The first-order valence-corrected chi connectivity index (χ1v) is 6.55. The number of aromatic nitrogens is 1. The summed E-state index contributed by atoms with van der Waals surface area (Å²) in [5.41, 5.74) is 2.17. The third-order valence-electron chi connectivity index (χ3n) is 3.16. The zero-order valence-electron chi connectivity index (χ0n) is 10.7. The van der Waals surface area contributed by atoms with Crippen molar-refractivity contribution in [2.45, 2.75) is 0 Å². The van der Waals surface area contributed by atoms with Gasteiger partial charge in [0.2, 0.25) is 0 Å². The Morgan fingerprint density at radius 2 is 1.86 bits per heavy atom. The van der Waals surface area contributed by atoms with Crippen LogP contribution in [0.4, 0.5) is 0 Å². The quantitative estimate of drug-likeness (QED) is 0.751. The number of phenolic OH excluding ortho intramolecular Hbond substituents is 1. The van der Waals surface area contributed by atoms with Gasteiger partial charge in [-0.15, -0.1) is 0 Å². The topological polar surface area (TPSA) is 70.4 Å². The second kappa shape index (κ2) is 5.07. The predicted molar refractivity (Wildman–Crippen MR) is 80.8 cm³/mol.